The van der Waals surface area contributed by atoms with Gasteiger partial charge in [-0.3, -0.25) is 5.32 Å². The maximum atomic E-state index is 6.00. The quantitative estimate of drug-likeness (QED) is 0.875. The molecule has 6 heteroatoms. The third-order valence-corrected chi connectivity index (χ3v) is 5.20. The molecule has 2 aliphatic rings. The molecule has 130 valence electrons. The zero-order valence-electron chi connectivity index (χ0n) is 14.3. The summed E-state index contributed by atoms with van der Waals surface area (Å²) >= 11 is 0. The highest BCUT2D eigenvalue weighted by Crippen LogP contribution is 2.47. The number of ether oxygens (including phenoxy) is 1. The molecule has 3 atom stereocenters. The van der Waals surface area contributed by atoms with Gasteiger partial charge in [0.25, 0.3) is 0 Å². The first-order valence-corrected chi connectivity index (χ1v) is 8.90. The van der Waals surface area contributed by atoms with Crippen LogP contribution in [0.3, 0.4) is 0 Å². The molecule has 6 nitrogen and oxygen atoms in total. The molecule has 1 aliphatic heterocycles. The third-order valence-electron chi connectivity index (χ3n) is 5.20. The average Bonchev–Trinajstić information content (AvgIpc) is 2.99. The lowest BCUT2D eigenvalue weighted by Gasteiger charge is -2.28. The minimum absolute atomic E-state index is 0.0449. The van der Waals surface area contributed by atoms with Crippen molar-refractivity contribution in [3.05, 3.63) is 35.4 Å². The van der Waals surface area contributed by atoms with Gasteiger partial charge in [0.2, 0.25) is 5.89 Å². The van der Waals surface area contributed by atoms with Gasteiger partial charge in [-0.25, -0.2) is 0 Å². The summed E-state index contributed by atoms with van der Waals surface area (Å²) in [5.41, 5.74) is 0. The van der Waals surface area contributed by atoms with Crippen LogP contribution in [-0.4, -0.2) is 23.4 Å². The monoisotopic (exact) mass is 331 g/mol. The Bertz CT molecular complexity index is 675. The van der Waals surface area contributed by atoms with Crippen molar-refractivity contribution in [2.75, 3.05) is 13.2 Å². The van der Waals surface area contributed by atoms with Gasteiger partial charge in [0.05, 0.1) is 12.6 Å². The van der Waals surface area contributed by atoms with Gasteiger partial charge in [-0.15, -0.1) is 0 Å². The number of aromatic nitrogens is 2. The standard InChI is InChI=1S/C18H25N3O3/c1-11-9-15(11)16-4-3-14(23-16)10-19-17(13-5-7-22-8-6-13)18-20-12(2)21-24-18/h3-4,11,13,15,17,19H,5-10H2,1-2H3/t11-,15+,17-/m1/s1. The van der Waals surface area contributed by atoms with Crippen LogP contribution in [0.25, 0.3) is 0 Å². The SMILES string of the molecule is Cc1noc([C@H](NCc2ccc([C@H]3C[C@H]3C)o2)C2CCOCC2)n1. The van der Waals surface area contributed by atoms with E-state index in [-0.39, 0.29) is 6.04 Å². The highest BCUT2D eigenvalue weighted by molar-refractivity contribution is 5.17. The topological polar surface area (TPSA) is 73.3 Å². The summed E-state index contributed by atoms with van der Waals surface area (Å²) in [7, 11) is 0. The van der Waals surface area contributed by atoms with Gasteiger partial charge >= 0.3 is 0 Å². The van der Waals surface area contributed by atoms with Crippen molar-refractivity contribution in [3.63, 3.8) is 0 Å². The van der Waals surface area contributed by atoms with Crippen LogP contribution < -0.4 is 5.32 Å². The van der Waals surface area contributed by atoms with Gasteiger partial charge in [0.1, 0.15) is 11.5 Å². The first-order valence-electron chi connectivity index (χ1n) is 8.90. The summed E-state index contributed by atoms with van der Waals surface area (Å²) in [4.78, 5) is 4.44. The molecule has 1 N–H and O–H groups in total. The smallest absolute Gasteiger partial charge is 0.244 e. The number of nitrogens with one attached hydrogen (secondary N) is 1. The molecule has 1 aliphatic carbocycles. The van der Waals surface area contributed by atoms with Crippen molar-refractivity contribution in [3.8, 4) is 0 Å². The van der Waals surface area contributed by atoms with E-state index in [1.807, 2.05) is 6.92 Å². The molecule has 0 unspecified atom stereocenters. The van der Waals surface area contributed by atoms with Crippen LogP contribution in [0.4, 0.5) is 0 Å². The fourth-order valence-electron chi connectivity index (χ4n) is 3.56. The van der Waals surface area contributed by atoms with Gasteiger partial charge in [0, 0.05) is 19.1 Å². The van der Waals surface area contributed by atoms with Crippen molar-refractivity contribution < 1.29 is 13.7 Å². The molecule has 2 aromatic heterocycles. The lowest BCUT2D eigenvalue weighted by Crippen LogP contribution is -2.32. The first-order chi connectivity index (χ1) is 11.7. The van der Waals surface area contributed by atoms with E-state index in [0.29, 0.717) is 30.1 Å². The predicted octanol–water partition coefficient (Wildman–Crippen LogP) is 3.35. The molecule has 3 heterocycles. The average molecular weight is 331 g/mol. The molecule has 0 spiro atoms. The third kappa shape index (κ3) is 3.39. The first kappa shape index (κ1) is 15.8. The molecule has 0 aromatic carbocycles. The van der Waals surface area contributed by atoms with E-state index in [9.17, 15) is 0 Å². The summed E-state index contributed by atoms with van der Waals surface area (Å²) in [5.74, 6) is 5.25. The van der Waals surface area contributed by atoms with Gasteiger partial charge < -0.3 is 13.7 Å². The van der Waals surface area contributed by atoms with Crippen LogP contribution in [0.2, 0.25) is 0 Å². The Morgan fingerprint density at radius 2 is 2.08 bits per heavy atom. The van der Waals surface area contributed by atoms with Crippen molar-refractivity contribution in [2.45, 2.75) is 51.6 Å². The molecule has 0 amide bonds. The van der Waals surface area contributed by atoms with Crippen molar-refractivity contribution >= 4 is 0 Å². The van der Waals surface area contributed by atoms with Gasteiger partial charge in [0.15, 0.2) is 5.82 Å². The minimum atomic E-state index is 0.0449. The number of hydrogen-bond donors (Lipinski definition) is 1. The van der Waals surface area contributed by atoms with Crippen LogP contribution in [0, 0.1) is 18.8 Å². The molecule has 2 fully saturated rings. The van der Waals surface area contributed by atoms with E-state index in [1.54, 1.807) is 0 Å². The second kappa shape index (κ2) is 6.69. The van der Waals surface area contributed by atoms with E-state index in [2.05, 4.69) is 34.5 Å². The van der Waals surface area contributed by atoms with Crippen LogP contribution in [0.5, 0.6) is 0 Å². The fourth-order valence-corrected chi connectivity index (χ4v) is 3.56. The second-order valence-electron chi connectivity index (χ2n) is 7.11. The van der Waals surface area contributed by atoms with E-state index in [4.69, 9.17) is 13.7 Å². The number of nitrogens with zero attached hydrogens (tertiary/aromatic N) is 2. The zero-order valence-corrected chi connectivity index (χ0v) is 14.3. The molecule has 2 aromatic rings. The van der Waals surface area contributed by atoms with E-state index >= 15 is 0 Å². The van der Waals surface area contributed by atoms with Crippen LogP contribution in [0.1, 0.15) is 61.4 Å². The largest absolute Gasteiger partial charge is 0.464 e. The van der Waals surface area contributed by atoms with Crippen LogP contribution in [0.15, 0.2) is 21.1 Å². The molecule has 0 bridgehead atoms. The highest BCUT2D eigenvalue weighted by Gasteiger charge is 2.36. The predicted molar refractivity (Wildman–Crippen MR) is 87.4 cm³/mol. The number of aryl methyl sites for hydroxylation is 1. The maximum absolute atomic E-state index is 6.00. The summed E-state index contributed by atoms with van der Waals surface area (Å²) in [5, 5.41) is 7.52. The summed E-state index contributed by atoms with van der Waals surface area (Å²) in [6.45, 7) is 6.37. The summed E-state index contributed by atoms with van der Waals surface area (Å²) < 4.78 is 16.9. The highest BCUT2D eigenvalue weighted by atomic mass is 16.5. The molecule has 4 rings (SSSR count). The van der Waals surface area contributed by atoms with Crippen molar-refractivity contribution in [1.82, 2.24) is 15.5 Å². The Balaban J connectivity index is 1.44. The molecule has 0 radical (unpaired) electrons. The Labute approximate surface area is 141 Å². The van der Waals surface area contributed by atoms with Crippen molar-refractivity contribution in [1.29, 1.82) is 0 Å². The lowest BCUT2D eigenvalue weighted by molar-refractivity contribution is 0.0482. The second-order valence-corrected chi connectivity index (χ2v) is 7.11. The molecule has 1 saturated carbocycles. The maximum Gasteiger partial charge on any atom is 0.244 e. The lowest BCUT2D eigenvalue weighted by atomic mass is 9.91. The Morgan fingerprint density at radius 1 is 1.29 bits per heavy atom. The summed E-state index contributed by atoms with van der Waals surface area (Å²) in [6.07, 6.45) is 3.25. The number of furan rings is 1. The van der Waals surface area contributed by atoms with Gasteiger partial charge in [-0.05, 0) is 50.2 Å². The minimum Gasteiger partial charge on any atom is -0.464 e. The van der Waals surface area contributed by atoms with Crippen LogP contribution in [-0.2, 0) is 11.3 Å². The normalized spacial score (nSPS) is 25.8. The van der Waals surface area contributed by atoms with Crippen molar-refractivity contribution in [2.24, 2.45) is 11.8 Å². The zero-order chi connectivity index (χ0) is 16.5. The van der Waals surface area contributed by atoms with Gasteiger partial charge in [-0.2, -0.15) is 4.98 Å². The Morgan fingerprint density at radius 3 is 2.75 bits per heavy atom. The Hall–Kier alpha value is -1.66. The molecular weight excluding hydrogens is 306 g/mol. The Kier molecular flexibility index (Phi) is 4.41. The molecular formula is C18H25N3O3. The van der Waals surface area contributed by atoms with E-state index < -0.39 is 0 Å². The van der Waals surface area contributed by atoms with E-state index in [1.165, 1.54) is 6.42 Å². The van der Waals surface area contributed by atoms with Crippen LogP contribution >= 0.6 is 0 Å². The number of hydrogen-bond acceptors (Lipinski definition) is 6. The fraction of sp³-hybridized carbons (Fsp3) is 0.667. The molecule has 1 saturated heterocycles. The summed E-state index contributed by atoms with van der Waals surface area (Å²) in [6, 6.07) is 4.24. The van der Waals surface area contributed by atoms with Gasteiger partial charge in [-0.1, -0.05) is 12.1 Å². The number of rotatable bonds is 6. The molecule has 24 heavy (non-hydrogen) atoms. The van der Waals surface area contributed by atoms with E-state index in [0.717, 1.165) is 43.5 Å².